The third-order valence-electron chi connectivity index (χ3n) is 2.84. The van der Waals surface area contributed by atoms with Crippen LogP contribution in [0.1, 0.15) is 25.7 Å². The van der Waals surface area contributed by atoms with Crippen LogP contribution < -0.4 is 5.73 Å². The summed E-state index contributed by atoms with van der Waals surface area (Å²) < 4.78 is 0. The van der Waals surface area contributed by atoms with E-state index in [9.17, 15) is 0 Å². The van der Waals surface area contributed by atoms with Crippen molar-refractivity contribution in [3.8, 4) is 0 Å². The predicted molar refractivity (Wildman–Crippen MR) is 58.4 cm³/mol. The van der Waals surface area contributed by atoms with Crippen LogP contribution in [-0.4, -0.2) is 6.04 Å². The average Bonchev–Trinajstić information content (AvgIpc) is 2.65. The fourth-order valence-electron chi connectivity index (χ4n) is 2.04. The monoisotopic (exact) mass is 177 g/mol. The molecule has 72 valence electrons. The Bertz CT molecular complexity index is 209. The first-order valence-electron chi connectivity index (χ1n) is 5.00. The van der Waals surface area contributed by atoms with Gasteiger partial charge in [-0.1, -0.05) is 44.2 Å². The van der Waals surface area contributed by atoms with Crippen LogP contribution in [0.4, 0.5) is 0 Å². The molecule has 0 heterocycles. The van der Waals surface area contributed by atoms with Gasteiger partial charge in [-0.25, -0.2) is 0 Å². The van der Waals surface area contributed by atoms with E-state index in [1.54, 1.807) is 6.08 Å². The van der Waals surface area contributed by atoms with Crippen molar-refractivity contribution in [1.82, 2.24) is 0 Å². The molecule has 1 saturated carbocycles. The highest BCUT2D eigenvalue weighted by molar-refractivity contribution is 5.27. The summed E-state index contributed by atoms with van der Waals surface area (Å²) in [5.41, 5.74) is 7.26. The van der Waals surface area contributed by atoms with Crippen LogP contribution in [0.3, 0.4) is 0 Å². The lowest BCUT2D eigenvalue weighted by Crippen LogP contribution is -2.29. The maximum Gasteiger partial charge on any atom is 0.0323 e. The van der Waals surface area contributed by atoms with Crippen molar-refractivity contribution in [3.05, 3.63) is 37.0 Å². The molecule has 0 aromatic rings. The molecule has 1 atom stereocenters. The number of hydrogen-bond acceptors (Lipinski definition) is 1. The Morgan fingerprint density at radius 1 is 1.31 bits per heavy atom. The quantitative estimate of drug-likeness (QED) is 0.656. The number of allylic oxidation sites excluding steroid dienone is 2. The van der Waals surface area contributed by atoms with E-state index in [-0.39, 0.29) is 6.04 Å². The van der Waals surface area contributed by atoms with Gasteiger partial charge in [-0.15, -0.1) is 0 Å². The van der Waals surface area contributed by atoms with Gasteiger partial charge in [-0.2, -0.15) is 0 Å². The Morgan fingerprint density at radius 3 is 2.38 bits per heavy atom. The van der Waals surface area contributed by atoms with Crippen molar-refractivity contribution in [1.29, 1.82) is 0 Å². The summed E-state index contributed by atoms with van der Waals surface area (Å²) in [7, 11) is 0. The molecule has 1 unspecified atom stereocenters. The van der Waals surface area contributed by atoms with E-state index < -0.39 is 0 Å². The Kier molecular flexibility index (Phi) is 3.97. The lowest BCUT2D eigenvalue weighted by molar-refractivity contribution is 0.479. The van der Waals surface area contributed by atoms with E-state index in [0.717, 1.165) is 5.57 Å². The molecule has 1 heteroatoms. The van der Waals surface area contributed by atoms with E-state index in [1.165, 1.54) is 25.7 Å². The summed E-state index contributed by atoms with van der Waals surface area (Å²) >= 11 is 0. The summed E-state index contributed by atoms with van der Waals surface area (Å²) in [4.78, 5) is 0. The van der Waals surface area contributed by atoms with E-state index in [0.29, 0.717) is 5.92 Å². The van der Waals surface area contributed by atoms with Gasteiger partial charge in [0.05, 0.1) is 0 Å². The first-order valence-corrected chi connectivity index (χ1v) is 5.00. The van der Waals surface area contributed by atoms with Crippen molar-refractivity contribution >= 4 is 0 Å². The topological polar surface area (TPSA) is 26.0 Å². The molecule has 0 saturated heterocycles. The Morgan fingerprint density at radius 2 is 1.92 bits per heavy atom. The van der Waals surface area contributed by atoms with E-state index in [1.807, 2.05) is 12.2 Å². The second-order valence-electron chi connectivity index (χ2n) is 3.68. The zero-order valence-electron chi connectivity index (χ0n) is 8.21. The third kappa shape index (κ3) is 2.56. The highest BCUT2D eigenvalue weighted by atomic mass is 14.7. The van der Waals surface area contributed by atoms with Crippen LogP contribution >= 0.6 is 0 Å². The smallest absolute Gasteiger partial charge is 0.0323 e. The van der Waals surface area contributed by atoms with Gasteiger partial charge in [-0.3, -0.25) is 0 Å². The van der Waals surface area contributed by atoms with E-state index in [2.05, 4.69) is 13.2 Å². The first kappa shape index (κ1) is 10.3. The average molecular weight is 177 g/mol. The van der Waals surface area contributed by atoms with E-state index in [4.69, 9.17) is 5.73 Å². The summed E-state index contributed by atoms with van der Waals surface area (Å²) in [6.07, 6.45) is 10.8. The fourth-order valence-corrected chi connectivity index (χ4v) is 2.04. The molecule has 0 bridgehead atoms. The minimum atomic E-state index is 0.165. The molecule has 0 aliphatic heterocycles. The maximum absolute atomic E-state index is 6.13. The molecule has 0 aromatic heterocycles. The normalized spacial score (nSPS) is 21.5. The van der Waals surface area contributed by atoms with Crippen LogP contribution in [0.25, 0.3) is 0 Å². The molecule has 13 heavy (non-hydrogen) atoms. The Hall–Kier alpha value is -0.820. The molecule has 1 rings (SSSR count). The molecular formula is C12H19N. The molecule has 2 N–H and O–H groups in total. The largest absolute Gasteiger partial charge is 0.324 e. The van der Waals surface area contributed by atoms with Gasteiger partial charge in [0.15, 0.2) is 0 Å². The van der Waals surface area contributed by atoms with Gasteiger partial charge in [-0.05, 0) is 24.3 Å². The van der Waals surface area contributed by atoms with Crippen molar-refractivity contribution in [2.45, 2.75) is 31.7 Å². The van der Waals surface area contributed by atoms with Gasteiger partial charge >= 0.3 is 0 Å². The summed E-state index contributed by atoms with van der Waals surface area (Å²) in [6.45, 7) is 7.45. The van der Waals surface area contributed by atoms with Gasteiger partial charge in [0.25, 0.3) is 0 Å². The third-order valence-corrected chi connectivity index (χ3v) is 2.84. The summed E-state index contributed by atoms with van der Waals surface area (Å²) in [5.74, 6) is 0.657. The van der Waals surface area contributed by atoms with Crippen LogP contribution in [0.15, 0.2) is 37.0 Å². The first-order chi connectivity index (χ1) is 6.29. The van der Waals surface area contributed by atoms with Gasteiger partial charge in [0.1, 0.15) is 0 Å². The molecule has 1 nitrogen and oxygen atoms in total. The van der Waals surface area contributed by atoms with Gasteiger partial charge < -0.3 is 5.73 Å². The Labute approximate surface area is 81.0 Å². The molecule has 0 radical (unpaired) electrons. The standard InChI is InChI=1S/C12H19N/c1-3-7-10(4-2)12(13)11-8-5-6-9-11/h3-4,7,11-12H,1-2,5-6,8-9,13H2/b10-7+. The summed E-state index contributed by atoms with van der Waals surface area (Å²) in [5, 5.41) is 0. The van der Waals surface area contributed by atoms with Crippen LogP contribution in [0.5, 0.6) is 0 Å². The number of rotatable bonds is 4. The van der Waals surface area contributed by atoms with Crippen molar-refractivity contribution in [2.75, 3.05) is 0 Å². The number of nitrogens with two attached hydrogens (primary N) is 1. The fraction of sp³-hybridized carbons (Fsp3) is 0.500. The lowest BCUT2D eigenvalue weighted by atomic mass is 9.92. The van der Waals surface area contributed by atoms with Crippen molar-refractivity contribution in [2.24, 2.45) is 11.7 Å². The highest BCUT2D eigenvalue weighted by Crippen LogP contribution is 2.29. The summed E-state index contributed by atoms with van der Waals surface area (Å²) in [6, 6.07) is 0.165. The predicted octanol–water partition coefficient (Wildman–Crippen LogP) is 2.80. The molecule has 1 fully saturated rings. The van der Waals surface area contributed by atoms with Gasteiger partial charge in [0.2, 0.25) is 0 Å². The van der Waals surface area contributed by atoms with Crippen LogP contribution in [0.2, 0.25) is 0 Å². The second-order valence-corrected chi connectivity index (χ2v) is 3.68. The minimum Gasteiger partial charge on any atom is -0.324 e. The highest BCUT2D eigenvalue weighted by Gasteiger charge is 2.23. The molecule has 0 aromatic carbocycles. The molecule has 0 spiro atoms. The van der Waals surface area contributed by atoms with Crippen LogP contribution in [0, 0.1) is 5.92 Å². The lowest BCUT2D eigenvalue weighted by Gasteiger charge is -2.19. The maximum atomic E-state index is 6.13. The van der Waals surface area contributed by atoms with Crippen molar-refractivity contribution < 1.29 is 0 Å². The molecular weight excluding hydrogens is 158 g/mol. The number of hydrogen-bond donors (Lipinski definition) is 1. The Balaban J connectivity index is 2.62. The van der Waals surface area contributed by atoms with Crippen LogP contribution in [-0.2, 0) is 0 Å². The van der Waals surface area contributed by atoms with Crippen molar-refractivity contribution in [3.63, 3.8) is 0 Å². The zero-order valence-corrected chi connectivity index (χ0v) is 8.21. The van der Waals surface area contributed by atoms with E-state index >= 15 is 0 Å². The minimum absolute atomic E-state index is 0.165. The van der Waals surface area contributed by atoms with Gasteiger partial charge in [0, 0.05) is 6.04 Å². The zero-order chi connectivity index (χ0) is 9.68. The second kappa shape index (κ2) is 5.03. The molecule has 0 amide bonds. The molecule has 1 aliphatic rings. The SMILES string of the molecule is C=C/C=C(\C=C)C(N)C1CCCC1. The molecule has 1 aliphatic carbocycles.